The van der Waals surface area contributed by atoms with Crippen molar-refractivity contribution in [2.24, 2.45) is 0 Å². The molecular formula is C12H11Cl2NO4S. The normalized spacial score (nSPS) is 11.8. The standard InChI is InChI=1S/C12H11Cl2NO4S/c13-9-4-8(7-16)12(14)11(5-9)20(17,18)15-6-10-2-1-3-19-10/h1-5,15-16H,6-7H2. The van der Waals surface area contributed by atoms with Crippen LogP contribution in [0.15, 0.2) is 39.8 Å². The second kappa shape index (κ2) is 6.15. The lowest BCUT2D eigenvalue weighted by Gasteiger charge is -2.10. The number of hydrogen-bond acceptors (Lipinski definition) is 4. The summed E-state index contributed by atoms with van der Waals surface area (Å²) < 4.78 is 31.8. The molecule has 1 heterocycles. The number of furan rings is 1. The van der Waals surface area contributed by atoms with E-state index in [0.29, 0.717) is 5.76 Å². The molecule has 1 aromatic heterocycles. The van der Waals surface area contributed by atoms with Gasteiger partial charge in [0.2, 0.25) is 10.0 Å². The van der Waals surface area contributed by atoms with Gasteiger partial charge in [0.1, 0.15) is 10.7 Å². The largest absolute Gasteiger partial charge is 0.468 e. The molecule has 2 rings (SSSR count). The molecular weight excluding hydrogens is 325 g/mol. The summed E-state index contributed by atoms with van der Waals surface area (Å²) in [4.78, 5) is -0.178. The highest BCUT2D eigenvalue weighted by molar-refractivity contribution is 7.89. The van der Waals surface area contributed by atoms with Crippen LogP contribution in [0, 0.1) is 0 Å². The minimum atomic E-state index is -3.86. The maximum atomic E-state index is 12.2. The van der Waals surface area contributed by atoms with Gasteiger partial charge in [0, 0.05) is 5.02 Å². The number of halogens is 2. The monoisotopic (exact) mass is 335 g/mol. The first kappa shape index (κ1) is 15.3. The van der Waals surface area contributed by atoms with E-state index in [1.54, 1.807) is 12.1 Å². The molecule has 0 aliphatic heterocycles. The molecule has 8 heteroatoms. The van der Waals surface area contributed by atoms with E-state index >= 15 is 0 Å². The summed E-state index contributed by atoms with van der Waals surface area (Å²) in [7, 11) is -3.86. The van der Waals surface area contributed by atoms with Crippen LogP contribution in [-0.4, -0.2) is 13.5 Å². The summed E-state index contributed by atoms with van der Waals surface area (Å²) in [6.45, 7) is -0.410. The molecule has 0 aliphatic carbocycles. The van der Waals surface area contributed by atoms with E-state index in [-0.39, 0.29) is 27.0 Å². The Balaban J connectivity index is 2.31. The van der Waals surface area contributed by atoms with E-state index in [0.717, 1.165) is 0 Å². The van der Waals surface area contributed by atoms with E-state index < -0.39 is 16.6 Å². The molecule has 0 saturated heterocycles. The Labute approximate surface area is 126 Å². The quantitative estimate of drug-likeness (QED) is 0.879. The Bertz CT molecular complexity index is 698. The van der Waals surface area contributed by atoms with E-state index in [4.69, 9.17) is 32.7 Å². The van der Waals surface area contributed by atoms with Gasteiger partial charge in [0.15, 0.2) is 0 Å². The van der Waals surface area contributed by atoms with Gasteiger partial charge in [-0.2, -0.15) is 0 Å². The van der Waals surface area contributed by atoms with Crippen molar-refractivity contribution in [1.29, 1.82) is 0 Å². The molecule has 0 unspecified atom stereocenters. The van der Waals surface area contributed by atoms with Crippen molar-refractivity contribution in [2.45, 2.75) is 18.0 Å². The molecule has 2 aromatic rings. The van der Waals surface area contributed by atoms with Crippen LogP contribution in [0.4, 0.5) is 0 Å². The zero-order chi connectivity index (χ0) is 14.8. The van der Waals surface area contributed by atoms with Crippen molar-refractivity contribution < 1.29 is 17.9 Å². The van der Waals surface area contributed by atoms with Gasteiger partial charge in [0.05, 0.1) is 24.4 Å². The minimum Gasteiger partial charge on any atom is -0.468 e. The SMILES string of the molecule is O=S(=O)(NCc1ccco1)c1cc(Cl)cc(CO)c1Cl. The first-order chi connectivity index (χ1) is 9.44. The third-order valence-corrected chi connectivity index (χ3v) is 4.76. The fraction of sp³-hybridized carbons (Fsp3) is 0.167. The highest BCUT2D eigenvalue weighted by Crippen LogP contribution is 2.29. The molecule has 0 atom stereocenters. The third kappa shape index (κ3) is 3.34. The van der Waals surface area contributed by atoms with Gasteiger partial charge in [-0.15, -0.1) is 0 Å². The zero-order valence-corrected chi connectivity index (χ0v) is 12.5. The van der Waals surface area contributed by atoms with Gasteiger partial charge < -0.3 is 9.52 Å². The lowest BCUT2D eigenvalue weighted by Crippen LogP contribution is -2.23. The maximum absolute atomic E-state index is 12.2. The fourth-order valence-corrected chi connectivity index (χ4v) is 3.50. The Hall–Kier alpha value is -1.05. The molecule has 0 aliphatic rings. The summed E-state index contributed by atoms with van der Waals surface area (Å²) in [5.74, 6) is 0.467. The summed E-state index contributed by atoms with van der Waals surface area (Å²) in [6.07, 6.45) is 1.44. The molecule has 108 valence electrons. The number of hydrogen-bond donors (Lipinski definition) is 2. The van der Waals surface area contributed by atoms with Gasteiger partial charge in [0.25, 0.3) is 0 Å². The van der Waals surface area contributed by atoms with Crippen LogP contribution >= 0.6 is 23.2 Å². The van der Waals surface area contributed by atoms with Crippen LogP contribution in [0.3, 0.4) is 0 Å². The highest BCUT2D eigenvalue weighted by Gasteiger charge is 2.21. The molecule has 0 amide bonds. The number of aliphatic hydroxyl groups is 1. The summed E-state index contributed by atoms with van der Waals surface area (Å²) in [5.41, 5.74) is 0.248. The third-order valence-electron chi connectivity index (χ3n) is 2.56. The second-order valence-corrected chi connectivity index (χ2v) is 6.49. The van der Waals surface area contributed by atoms with Crippen molar-refractivity contribution in [3.05, 3.63) is 51.9 Å². The molecule has 0 fully saturated rings. The number of rotatable bonds is 5. The highest BCUT2D eigenvalue weighted by atomic mass is 35.5. The van der Waals surface area contributed by atoms with Crippen molar-refractivity contribution in [1.82, 2.24) is 4.72 Å². The van der Waals surface area contributed by atoms with Gasteiger partial charge in [-0.3, -0.25) is 0 Å². The van der Waals surface area contributed by atoms with Gasteiger partial charge >= 0.3 is 0 Å². The average molecular weight is 336 g/mol. The van der Waals surface area contributed by atoms with E-state index in [1.807, 2.05) is 0 Å². The molecule has 0 bridgehead atoms. The molecule has 0 spiro atoms. The van der Waals surface area contributed by atoms with Crippen LogP contribution in [0.5, 0.6) is 0 Å². The van der Waals surface area contributed by atoms with Crippen LogP contribution in [0.1, 0.15) is 11.3 Å². The molecule has 2 N–H and O–H groups in total. The Morgan fingerprint density at radius 2 is 2.05 bits per heavy atom. The zero-order valence-electron chi connectivity index (χ0n) is 10.1. The lowest BCUT2D eigenvalue weighted by atomic mass is 10.2. The summed E-state index contributed by atoms with van der Waals surface area (Å²) >= 11 is 11.8. The first-order valence-electron chi connectivity index (χ1n) is 5.55. The van der Waals surface area contributed by atoms with Crippen LogP contribution in [-0.2, 0) is 23.2 Å². The average Bonchev–Trinajstić information content (AvgIpc) is 2.92. The van der Waals surface area contributed by atoms with Crippen LogP contribution in [0.2, 0.25) is 10.0 Å². The van der Waals surface area contributed by atoms with E-state index in [2.05, 4.69) is 4.72 Å². The number of sulfonamides is 1. The van der Waals surface area contributed by atoms with Crippen molar-refractivity contribution in [3.8, 4) is 0 Å². The van der Waals surface area contributed by atoms with Gasteiger partial charge in [-0.25, -0.2) is 13.1 Å². The molecule has 5 nitrogen and oxygen atoms in total. The second-order valence-electron chi connectivity index (χ2n) is 3.94. The number of nitrogens with one attached hydrogen (secondary N) is 1. The Kier molecular flexibility index (Phi) is 4.72. The van der Waals surface area contributed by atoms with E-state index in [1.165, 1.54) is 18.4 Å². The fourth-order valence-electron chi connectivity index (χ4n) is 1.59. The molecule has 20 heavy (non-hydrogen) atoms. The van der Waals surface area contributed by atoms with Crippen molar-refractivity contribution in [3.63, 3.8) is 0 Å². The predicted octanol–water partition coefficient (Wildman–Crippen LogP) is 2.56. The Morgan fingerprint density at radius 3 is 2.65 bits per heavy atom. The van der Waals surface area contributed by atoms with Crippen molar-refractivity contribution >= 4 is 33.2 Å². The molecule has 1 aromatic carbocycles. The molecule has 0 saturated carbocycles. The van der Waals surface area contributed by atoms with Crippen molar-refractivity contribution in [2.75, 3.05) is 0 Å². The lowest BCUT2D eigenvalue weighted by molar-refractivity contribution is 0.281. The first-order valence-corrected chi connectivity index (χ1v) is 7.79. The van der Waals surface area contributed by atoms with Crippen LogP contribution < -0.4 is 4.72 Å². The maximum Gasteiger partial charge on any atom is 0.242 e. The minimum absolute atomic E-state index is 0.00731. The van der Waals surface area contributed by atoms with Gasteiger partial charge in [-0.05, 0) is 29.8 Å². The van der Waals surface area contributed by atoms with Crippen LogP contribution in [0.25, 0.3) is 0 Å². The number of aliphatic hydroxyl groups excluding tert-OH is 1. The van der Waals surface area contributed by atoms with E-state index in [9.17, 15) is 8.42 Å². The smallest absolute Gasteiger partial charge is 0.242 e. The van der Waals surface area contributed by atoms with Gasteiger partial charge in [-0.1, -0.05) is 23.2 Å². The number of benzene rings is 1. The topological polar surface area (TPSA) is 79.5 Å². The summed E-state index contributed by atoms with van der Waals surface area (Å²) in [5, 5.41) is 9.27. The molecule has 0 radical (unpaired) electrons. The predicted molar refractivity (Wildman–Crippen MR) is 75.1 cm³/mol. The Morgan fingerprint density at radius 1 is 1.30 bits per heavy atom. The summed E-state index contributed by atoms with van der Waals surface area (Å²) in [6, 6.07) is 5.93.